The van der Waals surface area contributed by atoms with Crippen LogP contribution in [0.15, 0.2) is 30.6 Å². The van der Waals surface area contributed by atoms with Crippen LogP contribution in [0.5, 0.6) is 5.75 Å². The van der Waals surface area contributed by atoms with Crippen LogP contribution in [-0.4, -0.2) is 26.0 Å². The number of fused-ring (bicyclic) bond motifs is 1. The third-order valence-electron chi connectivity index (χ3n) is 4.61. The molecule has 0 spiro atoms. The molecule has 0 radical (unpaired) electrons. The summed E-state index contributed by atoms with van der Waals surface area (Å²) in [7, 11) is -1.82. The van der Waals surface area contributed by atoms with Crippen LogP contribution < -0.4 is 8.82 Å². The summed E-state index contributed by atoms with van der Waals surface area (Å²) in [6, 6.07) is 6.37. The standard InChI is InChI=1S/C17H29GeNOSi/c1-17(2,3)21(7,8)20-16-14(18(4,5)6)13-19-12-10-9-11-15(16)19/h9-13H,1-8H3. The van der Waals surface area contributed by atoms with Crippen molar-refractivity contribution in [2.24, 2.45) is 0 Å². The Morgan fingerprint density at radius 1 is 1.10 bits per heavy atom. The minimum absolute atomic E-state index is 0.220. The molecule has 0 aromatic carbocycles. The van der Waals surface area contributed by atoms with Gasteiger partial charge in [-0.15, -0.1) is 0 Å². The van der Waals surface area contributed by atoms with Crippen LogP contribution in [0.3, 0.4) is 0 Å². The van der Waals surface area contributed by atoms with Gasteiger partial charge in [-0.1, -0.05) is 0 Å². The average Bonchev–Trinajstić information content (AvgIpc) is 2.66. The van der Waals surface area contributed by atoms with E-state index in [1.165, 1.54) is 9.91 Å². The molecule has 0 N–H and O–H groups in total. The van der Waals surface area contributed by atoms with Crippen LogP contribution in [0.4, 0.5) is 0 Å². The fraction of sp³-hybridized carbons (Fsp3) is 0.529. The Morgan fingerprint density at radius 3 is 2.24 bits per heavy atom. The molecule has 2 nitrogen and oxygen atoms in total. The Balaban J connectivity index is 2.62. The number of hydrogen-bond acceptors (Lipinski definition) is 1. The third-order valence-corrected chi connectivity index (χ3v) is 13.1. The fourth-order valence-corrected chi connectivity index (χ4v) is 6.30. The molecule has 0 bridgehead atoms. The van der Waals surface area contributed by atoms with E-state index in [0.29, 0.717) is 0 Å². The summed E-state index contributed by atoms with van der Waals surface area (Å²) in [5.74, 6) is 8.48. The van der Waals surface area contributed by atoms with Gasteiger partial charge in [0.25, 0.3) is 0 Å². The monoisotopic (exact) mass is 365 g/mol. The van der Waals surface area contributed by atoms with Crippen molar-refractivity contribution in [2.45, 2.75) is 56.2 Å². The quantitative estimate of drug-likeness (QED) is 0.709. The SMILES string of the molecule is CC(C)(C)[Si](C)(C)Oc1[c]([Ge]([CH3])([CH3])[CH3])cn2ccccc12. The van der Waals surface area contributed by atoms with Crippen molar-refractivity contribution < 1.29 is 4.43 Å². The topological polar surface area (TPSA) is 13.6 Å². The Bertz CT molecular complexity index is 647. The maximum atomic E-state index is 6.74. The Hall–Kier alpha value is -0.680. The molecule has 2 heterocycles. The first kappa shape index (κ1) is 16.7. The molecular formula is C17H29GeNOSi. The maximum absolute atomic E-state index is 6.74. The van der Waals surface area contributed by atoms with Crippen molar-refractivity contribution in [2.75, 3.05) is 0 Å². The van der Waals surface area contributed by atoms with Gasteiger partial charge in [0.05, 0.1) is 0 Å². The summed E-state index contributed by atoms with van der Waals surface area (Å²) in [5, 5.41) is 0.220. The molecule has 0 amide bonds. The summed E-state index contributed by atoms with van der Waals surface area (Å²) >= 11 is -1.97. The molecule has 0 saturated heterocycles. The Kier molecular flexibility index (Phi) is 4.13. The van der Waals surface area contributed by atoms with Crippen LogP contribution in [0.1, 0.15) is 20.8 Å². The van der Waals surface area contributed by atoms with Crippen LogP contribution in [0.25, 0.3) is 5.52 Å². The van der Waals surface area contributed by atoms with Crippen molar-refractivity contribution in [3.8, 4) is 5.75 Å². The van der Waals surface area contributed by atoms with E-state index in [0.717, 1.165) is 5.75 Å². The Labute approximate surface area is 133 Å². The zero-order chi connectivity index (χ0) is 16.1. The molecule has 0 unspecified atom stereocenters. The van der Waals surface area contributed by atoms with Gasteiger partial charge in [0, 0.05) is 0 Å². The molecule has 4 heteroatoms. The average molecular weight is 364 g/mol. The van der Waals surface area contributed by atoms with Gasteiger partial charge >= 0.3 is 133 Å². The summed E-state index contributed by atoms with van der Waals surface area (Å²) in [6.45, 7) is 11.6. The van der Waals surface area contributed by atoms with E-state index in [4.69, 9.17) is 4.43 Å². The molecule has 0 aliphatic rings. The molecular weight excluding hydrogens is 335 g/mol. The zero-order valence-corrected chi connectivity index (χ0v) is 17.8. The van der Waals surface area contributed by atoms with Crippen LogP contribution in [0.2, 0.25) is 35.4 Å². The minimum atomic E-state index is -1.97. The van der Waals surface area contributed by atoms with E-state index in [2.05, 4.69) is 86.1 Å². The van der Waals surface area contributed by atoms with Crippen LogP contribution in [0, 0.1) is 0 Å². The van der Waals surface area contributed by atoms with Crippen molar-refractivity contribution in [3.05, 3.63) is 30.6 Å². The summed E-state index contributed by atoms with van der Waals surface area (Å²) < 4.78 is 10.5. The van der Waals surface area contributed by atoms with E-state index in [-0.39, 0.29) is 5.04 Å². The number of nitrogens with zero attached hydrogens (tertiary/aromatic N) is 1. The molecule has 2 aromatic heterocycles. The van der Waals surface area contributed by atoms with Gasteiger partial charge in [-0.05, 0) is 0 Å². The molecule has 116 valence electrons. The van der Waals surface area contributed by atoms with Crippen molar-refractivity contribution in [1.29, 1.82) is 0 Å². The summed E-state index contributed by atoms with van der Waals surface area (Å²) in [4.78, 5) is 0. The van der Waals surface area contributed by atoms with E-state index < -0.39 is 21.6 Å². The Morgan fingerprint density at radius 2 is 1.71 bits per heavy atom. The van der Waals surface area contributed by atoms with E-state index in [1.807, 2.05) is 0 Å². The van der Waals surface area contributed by atoms with E-state index in [9.17, 15) is 0 Å². The number of pyridine rings is 1. The van der Waals surface area contributed by atoms with Crippen molar-refractivity contribution in [1.82, 2.24) is 4.40 Å². The molecule has 2 aromatic rings. The second-order valence-electron chi connectivity index (χ2n) is 8.48. The second kappa shape index (κ2) is 5.20. The second-order valence-corrected chi connectivity index (χ2v) is 23.8. The van der Waals surface area contributed by atoms with Crippen molar-refractivity contribution >= 4 is 31.5 Å². The molecule has 0 saturated carbocycles. The fourth-order valence-electron chi connectivity index (χ4n) is 2.15. The van der Waals surface area contributed by atoms with E-state index >= 15 is 0 Å². The molecule has 21 heavy (non-hydrogen) atoms. The van der Waals surface area contributed by atoms with Crippen molar-refractivity contribution in [3.63, 3.8) is 0 Å². The van der Waals surface area contributed by atoms with Gasteiger partial charge in [0.1, 0.15) is 0 Å². The number of aromatic nitrogens is 1. The van der Waals surface area contributed by atoms with Crippen LogP contribution in [-0.2, 0) is 0 Å². The summed E-state index contributed by atoms with van der Waals surface area (Å²) in [6.07, 6.45) is 4.43. The molecule has 0 atom stereocenters. The predicted octanol–water partition coefficient (Wildman–Crippen LogP) is 4.87. The predicted molar refractivity (Wildman–Crippen MR) is 98.2 cm³/mol. The van der Waals surface area contributed by atoms with Gasteiger partial charge in [0.15, 0.2) is 0 Å². The molecule has 0 aliphatic heterocycles. The zero-order valence-electron chi connectivity index (χ0n) is 14.7. The van der Waals surface area contributed by atoms with Crippen LogP contribution >= 0.6 is 0 Å². The molecule has 0 aliphatic carbocycles. The third kappa shape index (κ3) is 3.24. The normalized spacial score (nSPS) is 13.7. The first-order valence-corrected chi connectivity index (χ1v) is 18.0. The van der Waals surface area contributed by atoms with Gasteiger partial charge in [-0.2, -0.15) is 0 Å². The van der Waals surface area contributed by atoms with Gasteiger partial charge in [-0.3, -0.25) is 0 Å². The molecule has 0 fully saturated rings. The van der Waals surface area contributed by atoms with Gasteiger partial charge in [0.2, 0.25) is 0 Å². The van der Waals surface area contributed by atoms with Gasteiger partial charge < -0.3 is 0 Å². The summed E-state index contributed by atoms with van der Waals surface area (Å²) in [5.41, 5.74) is 1.22. The van der Waals surface area contributed by atoms with Gasteiger partial charge in [-0.25, -0.2) is 0 Å². The number of hydrogen-bond donors (Lipinski definition) is 0. The first-order chi connectivity index (χ1) is 9.43. The van der Waals surface area contributed by atoms with E-state index in [1.54, 1.807) is 0 Å². The number of rotatable bonds is 3. The molecule has 2 rings (SSSR count). The first-order valence-electron chi connectivity index (χ1n) is 7.73.